The minimum Gasteiger partial charge on any atom is -0.490 e. The van der Waals surface area contributed by atoms with Gasteiger partial charge in [-0.15, -0.1) is 0 Å². The molecule has 0 unspecified atom stereocenters. The van der Waals surface area contributed by atoms with Crippen LogP contribution < -0.4 is 10.5 Å². The molecule has 3 N–H and O–H groups in total. The highest BCUT2D eigenvalue weighted by molar-refractivity contribution is 6.12. The summed E-state index contributed by atoms with van der Waals surface area (Å²) in [6, 6.07) is 8.75. The van der Waals surface area contributed by atoms with Crippen LogP contribution in [0.5, 0.6) is 5.75 Å². The number of fused-ring (bicyclic) bond motifs is 1. The normalized spacial score (nSPS) is 11.2. The maximum Gasteiger partial charge on any atom is 0.412 e. The predicted octanol–water partition coefficient (Wildman–Crippen LogP) is 4.96. The zero-order chi connectivity index (χ0) is 23.0. The standard InChI is InChI=1S/C23H20FN3O5/c1-11(2)30-18-9-16-19(8-15(18)17-10-26-27-12(17)3)31-21(13-4-6-14(24)7-5-13)20(16)22(28)32-23(25)29/h4-11H,1-3H3,(H2,25,29)(H,26,27). The number of nitrogens with zero attached hydrogens (tertiary/aromatic N) is 1. The average molecular weight is 437 g/mol. The van der Waals surface area contributed by atoms with Crippen LogP contribution in [0, 0.1) is 12.7 Å². The highest BCUT2D eigenvalue weighted by atomic mass is 19.1. The number of primary amides is 1. The van der Waals surface area contributed by atoms with Gasteiger partial charge in [-0.05, 0) is 57.2 Å². The summed E-state index contributed by atoms with van der Waals surface area (Å²) in [5.41, 5.74) is 8.11. The highest BCUT2D eigenvalue weighted by Gasteiger charge is 2.27. The Morgan fingerprint density at radius 2 is 1.88 bits per heavy atom. The Balaban J connectivity index is 2.01. The summed E-state index contributed by atoms with van der Waals surface area (Å²) in [5, 5.41) is 7.31. The number of H-pyrrole nitrogens is 1. The lowest BCUT2D eigenvalue weighted by Crippen LogP contribution is -2.18. The molecule has 0 saturated heterocycles. The number of aryl methyl sites for hydroxylation is 1. The number of aromatic nitrogens is 2. The molecule has 0 spiro atoms. The van der Waals surface area contributed by atoms with Gasteiger partial charge in [-0.2, -0.15) is 5.10 Å². The maximum atomic E-state index is 13.5. The van der Waals surface area contributed by atoms with Crippen LogP contribution in [0.4, 0.5) is 9.18 Å². The number of esters is 1. The number of furan rings is 1. The molecule has 1 amide bonds. The lowest BCUT2D eigenvalue weighted by Gasteiger charge is -2.14. The number of rotatable bonds is 5. The number of carbonyl (C=O) groups excluding carboxylic acids is 2. The van der Waals surface area contributed by atoms with Gasteiger partial charge < -0.3 is 19.6 Å². The Morgan fingerprint density at radius 3 is 2.47 bits per heavy atom. The van der Waals surface area contributed by atoms with Gasteiger partial charge in [0.2, 0.25) is 0 Å². The first-order chi connectivity index (χ1) is 15.2. The van der Waals surface area contributed by atoms with Crippen LogP contribution in [-0.2, 0) is 4.74 Å². The molecule has 4 rings (SSSR count). The number of carbonyl (C=O) groups is 2. The molecule has 32 heavy (non-hydrogen) atoms. The number of benzene rings is 2. The summed E-state index contributed by atoms with van der Waals surface area (Å²) in [4.78, 5) is 24.0. The maximum absolute atomic E-state index is 13.5. The quantitative estimate of drug-likeness (QED) is 0.336. The molecule has 9 heteroatoms. The Morgan fingerprint density at radius 1 is 1.16 bits per heavy atom. The van der Waals surface area contributed by atoms with Gasteiger partial charge in [-0.25, -0.2) is 14.0 Å². The molecule has 0 aliphatic carbocycles. The van der Waals surface area contributed by atoms with Gasteiger partial charge in [-0.3, -0.25) is 5.10 Å². The first kappa shape index (κ1) is 21.1. The van der Waals surface area contributed by atoms with Crippen molar-refractivity contribution in [2.24, 2.45) is 5.73 Å². The van der Waals surface area contributed by atoms with Crippen molar-refractivity contribution in [2.75, 3.05) is 0 Å². The van der Waals surface area contributed by atoms with E-state index in [1.165, 1.54) is 24.3 Å². The molecule has 4 aromatic rings. The van der Waals surface area contributed by atoms with Crippen LogP contribution in [0.2, 0.25) is 0 Å². The number of hydrogen-bond acceptors (Lipinski definition) is 6. The molecular formula is C23H20FN3O5. The van der Waals surface area contributed by atoms with E-state index in [-0.39, 0.29) is 17.4 Å². The van der Waals surface area contributed by atoms with Crippen molar-refractivity contribution < 1.29 is 27.9 Å². The van der Waals surface area contributed by atoms with Gasteiger partial charge in [0.05, 0.1) is 12.3 Å². The Labute approximate surface area is 182 Å². The largest absolute Gasteiger partial charge is 0.490 e. The lowest BCUT2D eigenvalue weighted by atomic mass is 10.0. The number of amides is 1. The van der Waals surface area contributed by atoms with Crippen LogP contribution in [0.15, 0.2) is 47.0 Å². The molecule has 164 valence electrons. The summed E-state index contributed by atoms with van der Waals surface area (Å²) in [6.07, 6.45) is 0.247. The van der Waals surface area contributed by atoms with Crippen molar-refractivity contribution in [1.29, 1.82) is 0 Å². The van der Waals surface area contributed by atoms with Crippen LogP contribution in [0.1, 0.15) is 29.9 Å². The number of ether oxygens (including phenoxy) is 2. The third kappa shape index (κ3) is 3.92. The Kier molecular flexibility index (Phi) is 5.40. The van der Waals surface area contributed by atoms with E-state index in [1.54, 1.807) is 18.3 Å². The molecule has 0 aliphatic heterocycles. The zero-order valence-electron chi connectivity index (χ0n) is 17.6. The van der Waals surface area contributed by atoms with E-state index >= 15 is 0 Å². The van der Waals surface area contributed by atoms with Crippen molar-refractivity contribution >= 4 is 23.0 Å². The molecule has 2 aromatic heterocycles. The van der Waals surface area contributed by atoms with E-state index in [0.717, 1.165) is 11.3 Å². The fourth-order valence-corrected chi connectivity index (χ4v) is 3.46. The number of halogens is 1. The van der Waals surface area contributed by atoms with Crippen molar-refractivity contribution in [3.05, 3.63) is 59.7 Å². The van der Waals surface area contributed by atoms with E-state index in [4.69, 9.17) is 14.9 Å². The van der Waals surface area contributed by atoms with Crippen LogP contribution in [-0.4, -0.2) is 28.4 Å². The Bertz CT molecular complexity index is 1320. The first-order valence-electron chi connectivity index (χ1n) is 9.79. The molecule has 0 bridgehead atoms. The number of aromatic amines is 1. The van der Waals surface area contributed by atoms with Crippen LogP contribution >= 0.6 is 0 Å². The van der Waals surface area contributed by atoms with Gasteiger partial charge in [0.25, 0.3) is 0 Å². The Hall–Kier alpha value is -4.14. The topological polar surface area (TPSA) is 120 Å². The fourth-order valence-electron chi connectivity index (χ4n) is 3.46. The van der Waals surface area contributed by atoms with Gasteiger partial charge in [0, 0.05) is 27.8 Å². The van der Waals surface area contributed by atoms with Crippen molar-refractivity contribution in [3.8, 4) is 28.2 Å². The highest BCUT2D eigenvalue weighted by Crippen LogP contribution is 2.41. The molecule has 0 atom stereocenters. The summed E-state index contributed by atoms with van der Waals surface area (Å²) in [6.45, 7) is 5.61. The molecule has 0 saturated carbocycles. The summed E-state index contributed by atoms with van der Waals surface area (Å²) >= 11 is 0. The second-order valence-corrected chi connectivity index (χ2v) is 7.44. The van der Waals surface area contributed by atoms with E-state index < -0.39 is 17.9 Å². The second-order valence-electron chi connectivity index (χ2n) is 7.44. The molecule has 0 radical (unpaired) electrons. The molecule has 0 fully saturated rings. The monoisotopic (exact) mass is 437 g/mol. The van der Waals surface area contributed by atoms with Crippen LogP contribution in [0.25, 0.3) is 33.4 Å². The minimum absolute atomic E-state index is 0.0190. The van der Waals surface area contributed by atoms with Crippen molar-refractivity contribution in [3.63, 3.8) is 0 Å². The number of nitrogens with one attached hydrogen (secondary N) is 1. The number of nitrogens with two attached hydrogens (primary N) is 1. The number of hydrogen-bond donors (Lipinski definition) is 2. The van der Waals surface area contributed by atoms with Gasteiger partial charge in [-0.1, -0.05) is 0 Å². The molecule has 2 heterocycles. The third-order valence-corrected chi connectivity index (χ3v) is 4.78. The minimum atomic E-state index is -1.25. The molecule has 2 aromatic carbocycles. The zero-order valence-corrected chi connectivity index (χ0v) is 17.6. The second kappa shape index (κ2) is 8.18. The first-order valence-corrected chi connectivity index (χ1v) is 9.79. The van der Waals surface area contributed by atoms with Gasteiger partial charge in [0.15, 0.2) is 0 Å². The third-order valence-electron chi connectivity index (χ3n) is 4.78. The molecule has 0 aliphatic rings. The lowest BCUT2D eigenvalue weighted by molar-refractivity contribution is 0.0640. The van der Waals surface area contributed by atoms with E-state index in [0.29, 0.717) is 27.8 Å². The van der Waals surface area contributed by atoms with Gasteiger partial charge in [0.1, 0.15) is 28.5 Å². The summed E-state index contributed by atoms with van der Waals surface area (Å²) in [7, 11) is 0. The average Bonchev–Trinajstić information content (AvgIpc) is 3.30. The molecule has 8 nitrogen and oxygen atoms in total. The van der Waals surface area contributed by atoms with E-state index in [1.807, 2.05) is 20.8 Å². The van der Waals surface area contributed by atoms with E-state index in [9.17, 15) is 14.0 Å². The predicted molar refractivity (Wildman–Crippen MR) is 115 cm³/mol. The van der Waals surface area contributed by atoms with Gasteiger partial charge >= 0.3 is 12.1 Å². The van der Waals surface area contributed by atoms with E-state index in [2.05, 4.69) is 14.9 Å². The molecular weight excluding hydrogens is 417 g/mol. The summed E-state index contributed by atoms with van der Waals surface area (Å²) < 4.78 is 30.1. The summed E-state index contributed by atoms with van der Waals surface area (Å²) in [5.74, 6) is -0.839. The van der Waals surface area contributed by atoms with Crippen molar-refractivity contribution in [2.45, 2.75) is 26.9 Å². The fraction of sp³-hybridized carbons (Fsp3) is 0.174. The van der Waals surface area contributed by atoms with Crippen molar-refractivity contribution in [1.82, 2.24) is 10.2 Å². The smallest absolute Gasteiger partial charge is 0.412 e. The van der Waals surface area contributed by atoms with Crippen LogP contribution in [0.3, 0.4) is 0 Å². The SMILES string of the molecule is Cc1[nH]ncc1-c1cc2oc(-c3ccc(F)cc3)c(C(=O)OC(N)=O)c2cc1OC(C)C.